The molecule has 8 heteroatoms. The van der Waals surface area contributed by atoms with Crippen molar-refractivity contribution in [2.24, 2.45) is 0 Å². The molecule has 1 N–H and O–H groups in total. The summed E-state index contributed by atoms with van der Waals surface area (Å²) in [6, 6.07) is 1.23. The summed E-state index contributed by atoms with van der Waals surface area (Å²) in [6.07, 6.45) is 0.772. The molecule has 1 aliphatic rings. The van der Waals surface area contributed by atoms with Crippen molar-refractivity contribution in [2.45, 2.75) is 18.6 Å². The summed E-state index contributed by atoms with van der Waals surface area (Å²) in [5.74, 6) is -0.0161. The molecule has 18 heavy (non-hydrogen) atoms. The average molecular weight is 272 g/mol. The molecular formula is C10H12N2O5S. The van der Waals surface area contributed by atoms with Gasteiger partial charge in [-0.3, -0.25) is 14.3 Å². The summed E-state index contributed by atoms with van der Waals surface area (Å²) in [5, 5.41) is 0. The fourth-order valence-electron chi connectivity index (χ4n) is 1.52. The monoisotopic (exact) mass is 272 g/mol. The van der Waals surface area contributed by atoms with E-state index >= 15 is 0 Å². The van der Waals surface area contributed by atoms with E-state index < -0.39 is 28.9 Å². The molecule has 0 unspecified atom stereocenters. The second-order valence-corrected chi connectivity index (χ2v) is 4.62. The summed E-state index contributed by atoms with van der Waals surface area (Å²) in [7, 11) is 0. The summed E-state index contributed by atoms with van der Waals surface area (Å²) in [5.41, 5.74) is -1.75. The highest BCUT2D eigenvalue weighted by Gasteiger charge is 2.33. The zero-order valence-electron chi connectivity index (χ0n) is 9.62. The Morgan fingerprint density at radius 1 is 1.67 bits per heavy atom. The smallest absolute Gasteiger partial charge is 0.345 e. The van der Waals surface area contributed by atoms with Gasteiger partial charge in [0.05, 0.1) is 6.61 Å². The number of carbonyl (C=O) groups excluding carboxylic acids is 1. The van der Waals surface area contributed by atoms with Gasteiger partial charge in [0.25, 0.3) is 5.56 Å². The molecule has 1 aromatic rings. The topological polar surface area (TPSA) is 90.4 Å². The van der Waals surface area contributed by atoms with Gasteiger partial charge in [-0.25, -0.2) is 9.59 Å². The quantitative estimate of drug-likeness (QED) is 0.759. The van der Waals surface area contributed by atoms with Crippen molar-refractivity contribution in [3.63, 3.8) is 0 Å². The molecule has 1 fully saturated rings. The number of hydrogen-bond donors (Lipinski definition) is 1. The predicted molar refractivity (Wildman–Crippen MR) is 64.3 cm³/mol. The predicted octanol–water partition coefficient (Wildman–Crippen LogP) is -0.312. The third-order valence-electron chi connectivity index (χ3n) is 2.31. The van der Waals surface area contributed by atoms with Crippen LogP contribution < -0.4 is 11.2 Å². The molecule has 0 aromatic carbocycles. The van der Waals surface area contributed by atoms with Crippen molar-refractivity contribution >= 4 is 17.7 Å². The van der Waals surface area contributed by atoms with Crippen LogP contribution in [0, 0.1) is 0 Å². The molecule has 1 aromatic heterocycles. The van der Waals surface area contributed by atoms with E-state index in [0.717, 1.165) is 0 Å². The Hall–Kier alpha value is -1.54. The van der Waals surface area contributed by atoms with Gasteiger partial charge in [0.2, 0.25) is 5.44 Å². The zero-order valence-corrected chi connectivity index (χ0v) is 10.4. The Kier molecular flexibility index (Phi) is 3.87. The Balaban J connectivity index is 2.11. The lowest BCUT2D eigenvalue weighted by molar-refractivity contribution is -0.153. The molecule has 2 rings (SSSR count). The number of hydrogen-bond acceptors (Lipinski definition) is 6. The maximum absolute atomic E-state index is 11.5. The molecule has 2 heterocycles. The number of H-pyrrole nitrogens is 1. The van der Waals surface area contributed by atoms with Crippen molar-refractivity contribution < 1.29 is 14.3 Å². The maximum atomic E-state index is 11.5. The first-order valence-electron chi connectivity index (χ1n) is 5.37. The van der Waals surface area contributed by atoms with Crippen molar-refractivity contribution in [3.8, 4) is 0 Å². The Morgan fingerprint density at radius 3 is 3.11 bits per heavy atom. The molecule has 1 saturated heterocycles. The number of thioether (sulfide) groups is 1. The van der Waals surface area contributed by atoms with E-state index in [4.69, 9.17) is 9.47 Å². The van der Waals surface area contributed by atoms with E-state index in [1.165, 1.54) is 28.6 Å². The standard InChI is InChI=1S/C10H12N2O5S/c1-2-16-8(14)9-17-7(5-18-9)12-4-3-6(13)11-10(12)15/h3-4,7,9H,2,5H2,1H3,(H,11,13,15)/t7-,9+/m0/s1. The van der Waals surface area contributed by atoms with E-state index in [-0.39, 0.29) is 6.61 Å². The minimum Gasteiger partial charge on any atom is -0.463 e. The van der Waals surface area contributed by atoms with Gasteiger partial charge in [0.15, 0.2) is 0 Å². The number of carbonyl (C=O) groups is 1. The molecule has 0 radical (unpaired) electrons. The first kappa shape index (κ1) is 12.9. The number of aromatic nitrogens is 2. The molecule has 0 spiro atoms. The van der Waals surface area contributed by atoms with Crippen LogP contribution in [0.1, 0.15) is 13.2 Å². The first-order chi connectivity index (χ1) is 8.61. The molecule has 1 aliphatic heterocycles. The summed E-state index contributed by atoms with van der Waals surface area (Å²) in [6.45, 7) is 1.99. The van der Waals surface area contributed by atoms with Gasteiger partial charge in [-0.05, 0) is 6.92 Å². The lowest BCUT2D eigenvalue weighted by Crippen LogP contribution is -2.33. The van der Waals surface area contributed by atoms with Crippen molar-refractivity contribution in [2.75, 3.05) is 12.4 Å². The van der Waals surface area contributed by atoms with Gasteiger partial charge in [0.1, 0.15) is 6.23 Å². The molecule has 0 bridgehead atoms. The fourth-order valence-corrected chi connectivity index (χ4v) is 2.51. The summed E-state index contributed by atoms with van der Waals surface area (Å²) in [4.78, 5) is 36.0. The highest BCUT2D eigenvalue weighted by Crippen LogP contribution is 2.31. The number of esters is 1. The summed E-state index contributed by atoms with van der Waals surface area (Å²) < 4.78 is 11.5. The first-order valence-corrected chi connectivity index (χ1v) is 6.42. The van der Waals surface area contributed by atoms with E-state index in [2.05, 4.69) is 4.98 Å². The van der Waals surface area contributed by atoms with E-state index in [9.17, 15) is 14.4 Å². The molecule has 7 nitrogen and oxygen atoms in total. The zero-order chi connectivity index (χ0) is 13.1. The normalized spacial score (nSPS) is 22.9. The van der Waals surface area contributed by atoms with Crippen LogP contribution in [-0.4, -0.2) is 33.3 Å². The van der Waals surface area contributed by atoms with Gasteiger partial charge < -0.3 is 9.47 Å². The fraction of sp³-hybridized carbons (Fsp3) is 0.500. The van der Waals surface area contributed by atoms with Crippen LogP contribution in [0.5, 0.6) is 0 Å². The van der Waals surface area contributed by atoms with Gasteiger partial charge in [-0.2, -0.15) is 0 Å². The number of nitrogens with one attached hydrogen (secondary N) is 1. The van der Waals surface area contributed by atoms with Crippen LogP contribution in [0.3, 0.4) is 0 Å². The third kappa shape index (κ3) is 2.65. The van der Waals surface area contributed by atoms with Crippen LogP contribution in [0.4, 0.5) is 0 Å². The Bertz CT molecular complexity index is 552. The summed E-state index contributed by atoms with van der Waals surface area (Å²) >= 11 is 1.26. The van der Waals surface area contributed by atoms with Crippen LogP contribution in [0.2, 0.25) is 0 Å². The van der Waals surface area contributed by atoms with Crippen molar-refractivity contribution in [1.82, 2.24) is 9.55 Å². The third-order valence-corrected chi connectivity index (χ3v) is 3.40. The molecule has 2 atom stereocenters. The minimum absolute atomic E-state index is 0.280. The average Bonchev–Trinajstić information content (AvgIpc) is 2.78. The molecule has 0 saturated carbocycles. The second kappa shape index (κ2) is 5.40. The maximum Gasteiger partial charge on any atom is 0.345 e. The molecule has 98 valence electrons. The molecule has 0 amide bonds. The van der Waals surface area contributed by atoms with Gasteiger partial charge in [0, 0.05) is 18.0 Å². The van der Waals surface area contributed by atoms with E-state index in [0.29, 0.717) is 5.75 Å². The molecular weight excluding hydrogens is 260 g/mol. The van der Waals surface area contributed by atoms with Crippen LogP contribution in [0.15, 0.2) is 21.9 Å². The molecule has 0 aliphatic carbocycles. The van der Waals surface area contributed by atoms with Gasteiger partial charge >= 0.3 is 11.7 Å². The lowest BCUT2D eigenvalue weighted by atomic mass is 10.5. The van der Waals surface area contributed by atoms with Gasteiger partial charge in [-0.15, -0.1) is 11.8 Å². The Labute approximate surface area is 106 Å². The van der Waals surface area contributed by atoms with E-state index in [1.807, 2.05) is 0 Å². The SMILES string of the molecule is CCOC(=O)[C@@H]1O[C@H](n2ccc(=O)[nH]c2=O)CS1. The van der Waals surface area contributed by atoms with Crippen molar-refractivity contribution in [3.05, 3.63) is 33.1 Å². The largest absolute Gasteiger partial charge is 0.463 e. The number of aromatic amines is 1. The van der Waals surface area contributed by atoms with E-state index in [1.54, 1.807) is 6.92 Å². The number of ether oxygens (including phenoxy) is 2. The highest BCUT2D eigenvalue weighted by atomic mass is 32.2. The van der Waals surface area contributed by atoms with Crippen molar-refractivity contribution in [1.29, 1.82) is 0 Å². The lowest BCUT2D eigenvalue weighted by Gasteiger charge is -2.13. The van der Waals surface area contributed by atoms with Gasteiger partial charge in [-0.1, -0.05) is 0 Å². The Morgan fingerprint density at radius 2 is 2.44 bits per heavy atom. The van der Waals surface area contributed by atoms with Crippen LogP contribution >= 0.6 is 11.8 Å². The van der Waals surface area contributed by atoms with Crippen LogP contribution in [-0.2, 0) is 14.3 Å². The minimum atomic E-state index is -0.728. The second-order valence-electron chi connectivity index (χ2n) is 3.53. The number of nitrogens with zero attached hydrogens (tertiary/aromatic N) is 1. The number of rotatable bonds is 3. The van der Waals surface area contributed by atoms with Crippen LogP contribution in [0.25, 0.3) is 0 Å². The highest BCUT2D eigenvalue weighted by molar-refractivity contribution is 8.00.